The van der Waals surface area contributed by atoms with Crippen molar-refractivity contribution in [1.29, 1.82) is 0 Å². The lowest BCUT2D eigenvalue weighted by Crippen LogP contribution is -2.07. The fourth-order valence-electron chi connectivity index (χ4n) is 1.16. The van der Waals surface area contributed by atoms with Gasteiger partial charge in [0.05, 0.1) is 12.2 Å². The highest BCUT2D eigenvalue weighted by Gasteiger charge is 2.38. The fraction of sp³-hybridized carbons (Fsp3) is 0.455. The molecule has 1 aliphatic heterocycles. The molecular formula is C11H14OS. The highest BCUT2D eigenvalue weighted by Crippen LogP contribution is 2.34. The van der Waals surface area contributed by atoms with Crippen LogP contribution in [0.4, 0.5) is 0 Å². The molecular weight excluding hydrogens is 180 g/mol. The summed E-state index contributed by atoms with van der Waals surface area (Å²) >= 11 is 1.89. The molecule has 1 atom stereocenters. The Morgan fingerprint density at radius 2 is 2.15 bits per heavy atom. The van der Waals surface area contributed by atoms with Crippen molar-refractivity contribution in [2.45, 2.75) is 24.3 Å². The topological polar surface area (TPSA) is 12.5 Å². The second-order valence-corrected chi connectivity index (χ2v) is 4.81. The van der Waals surface area contributed by atoms with Gasteiger partial charge in [-0.2, -0.15) is 0 Å². The Kier molecular flexibility index (Phi) is 2.35. The van der Waals surface area contributed by atoms with Gasteiger partial charge >= 0.3 is 0 Å². The molecule has 0 bridgehead atoms. The molecule has 1 aliphatic rings. The molecule has 0 aliphatic carbocycles. The van der Waals surface area contributed by atoms with E-state index < -0.39 is 0 Å². The lowest BCUT2D eigenvalue weighted by atomic mass is 10.2. The minimum atomic E-state index is 0.160. The van der Waals surface area contributed by atoms with Gasteiger partial charge in [0.25, 0.3) is 0 Å². The van der Waals surface area contributed by atoms with Crippen molar-refractivity contribution >= 4 is 11.8 Å². The van der Waals surface area contributed by atoms with Gasteiger partial charge in [0.15, 0.2) is 0 Å². The van der Waals surface area contributed by atoms with Crippen LogP contribution in [0, 0.1) is 6.92 Å². The Morgan fingerprint density at radius 3 is 2.77 bits per heavy atom. The molecule has 1 heterocycles. The van der Waals surface area contributed by atoms with Gasteiger partial charge in [0.1, 0.15) is 0 Å². The molecule has 1 aromatic rings. The molecule has 0 radical (unpaired) electrons. The summed E-state index contributed by atoms with van der Waals surface area (Å²) in [4.78, 5) is 1.37. The number of benzene rings is 1. The third-order valence-corrected chi connectivity index (χ3v) is 3.79. The van der Waals surface area contributed by atoms with Gasteiger partial charge < -0.3 is 4.74 Å². The smallest absolute Gasteiger partial charge is 0.0981 e. The maximum atomic E-state index is 5.34. The van der Waals surface area contributed by atoms with Gasteiger partial charge in [-0.15, -0.1) is 11.8 Å². The number of hydrogen-bond acceptors (Lipinski definition) is 2. The summed E-state index contributed by atoms with van der Waals surface area (Å²) in [5.74, 6) is 1.07. The predicted octanol–water partition coefficient (Wildman–Crippen LogP) is 2.88. The van der Waals surface area contributed by atoms with E-state index in [0.717, 1.165) is 12.4 Å². The Bertz CT molecular complexity index is 305. The van der Waals surface area contributed by atoms with Gasteiger partial charge in [0, 0.05) is 10.6 Å². The molecule has 2 rings (SSSR count). The van der Waals surface area contributed by atoms with Crippen molar-refractivity contribution in [3.8, 4) is 0 Å². The van der Waals surface area contributed by atoms with E-state index >= 15 is 0 Å². The van der Waals surface area contributed by atoms with Crippen LogP contribution >= 0.6 is 11.8 Å². The van der Waals surface area contributed by atoms with Crippen LogP contribution in [0.2, 0.25) is 0 Å². The van der Waals surface area contributed by atoms with E-state index in [-0.39, 0.29) is 5.60 Å². The van der Waals surface area contributed by atoms with Crippen molar-refractivity contribution in [3.63, 3.8) is 0 Å². The molecule has 0 saturated carbocycles. The zero-order valence-electron chi connectivity index (χ0n) is 8.04. The van der Waals surface area contributed by atoms with Crippen LogP contribution < -0.4 is 0 Å². The van der Waals surface area contributed by atoms with E-state index in [4.69, 9.17) is 4.74 Å². The van der Waals surface area contributed by atoms with Gasteiger partial charge in [-0.25, -0.2) is 0 Å². The summed E-state index contributed by atoms with van der Waals surface area (Å²) in [6, 6.07) is 8.49. The van der Waals surface area contributed by atoms with Crippen LogP contribution in [0.3, 0.4) is 0 Å². The number of ether oxygens (including phenoxy) is 1. The van der Waals surface area contributed by atoms with Crippen LogP contribution in [0.25, 0.3) is 0 Å². The molecule has 1 unspecified atom stereocenters. The molecule has 1 aromatic carbocycles. The van der Waals surface area contributed by atoms with Crippen molar-refractivity contribution < 1.29 is 4.74 Å². The minimum Gasteiger partial charge on any atom is -0.369 e. The van der Waals surface area contributed by atoms with E-state index in [9.17, 15) is 0 Å². The molecule has 1 fully saturated rings. The lowest BCUT2D eigenvalue weighted by Gasteiger charge is -2.06. The second-order valence-electron chi connectivity index (χ2n) is 3.79. The minimum absolute atomic E-state index is 0.160. The molecule has 13 heavy (non-hydrogen) atoms. The number of aryl methyl sites for hydroxylation is 1. The van der Waals surface area contributed by atoms with E-state index in [2.05, 4.69) is 38.1 Å². The van der Waals surface area contributed by atoms with Crippen LogP contribution in [0.1, 0.15) is 12.5 Å². The summed E-state index contributed by atoms with van der Waals surface area (Å²) in [5, 5.41) is 0. The number of hydrogen-bond donors (Lipinski definition) is 0. The number of rotatable bonds is 3. The molecule has 70 valence electrons. The van der Waals surface area contributed by atoms with Gasteiger partial charge in [0.2, 0.25) is 0 Å². The first-order chi connectivity index (χ1) is 6.20. The highest BCUT2D eigenvalue weighted by molar-refractivity contribution is 7.99. The summed E-state index contributed by atoms with van der Waals surface area (Å²) < 4.78 is 5.34. The maximum absolute atomic E-state index is 5.34. The first kappa shape index (κ1) is 9.10. The lowest BCUT2D eigenvalue weighted by molar-refractivity contribution is 0.348. The molecule has 0 spiro atoms. The average Bonchev–Trinajstić information content (AvgIpc) is 2.83. The van der Waals surface area contributed by atoms with Gasteiger partial charge in [-0.3, -0.25) is 0 Å². The number of epoxide rings is 1. The van der Waals surface area contributed by atoms with E-state index in [1.54, 1.807) is 0 Å². The maximum Gasteiger partial charge on any atom is 0.0981 e. The quantitative estimate of drug-likeness (QED) is 0.542. The largest absolute Gasteiger partial charge is 0.369 e. The Labute approximate surface area is 83.5 Å². The molecule has 0 N–H and O–H groups in total. The van der Waals surface area contributed by atoms with Crippen molar-refractivity contribution in [2.24, 2.45) is 0 Å². The van der Waals surface area contributed by atoms with Crippen molar-refractivity contribution in [3.05, 3.63) is 29.8 Å². The molecule has 0 aromatic heterocycles. The fourth-order valence-corrected chi connectivity index (χ4v) is 2.25. The van der Waals surface area contributed by atoms with Gasteiger partial charge in [-0.05, 0) is 25.5 Å². The average molecular weight is 194 g/mol. The Morgan fingerprint density at radius 1 is 1.46 bits per heavy atom. The standard InChI is InChI=1S/C11H14OS/c1-9-5-3-4-6-10(9)13-8-11(2)7-12-11/h3-6H,7-8H2,1-2H3. The molecule has 1 nitrogen and oxygen atoms in total. The predicted molar refractivity (Wildman–Crippen MR) is 56.3 cm³/mol. The van der Waals surface area contributed by atoms with Crippen LogP contribution in [0.5, 0.6) is 0 Å². The Balaban J connectivity index is 1.97. The third kappa shape index (κ3) is 2.26. The van der Waals surface area contributed by atoms with Crippen LogP contribution in [-0.4, -0.2) is 18.0 Å². The highest BCUT2D eigenvalue weighted by atomic mass is 32.2. The zero-order valence-corrected chi connectivity index (χ0v) is 8.86. The Hall–Kier alpha value is -0.470. The molecule has 2 heteroatoms. The van der Waals surface area contributed by atoms with Crippen molar-refractivity contribution in [2.75, 3.05) is 12.4 Å². The van der Waals surface area contributed by atoms with Crippen molar-refractivity contribution in [1.82, 2.24) is 0 Å². The number of thioether (sulfide) groups is 1. The van der Waals surface area contributed by atoms with Gasteiger partial charge in [-0.1, -0.05) is 18.2 Å². The second kappa shape index (κ2) is 3.35. The van der Waals surface area contributed by atoms with E-state index in [1.165, 1.54) is 10.5 Å². The third-order valence-electron chi connectivity index (χ3n) is 2.26. The first-order valence-electron chi connectivity index (χ1n) is 4.52. The van der Waals surface area contributed by atoms with E-state index in [0.29, 0.717) is 0 Å². The summed E-state index contributed by atoms with van der Waals surface area (Å²) in [6.07, 6.45) is 0. The summed E-state index contributed by atoms with van der Waals surface area (Å²) in [5.41, 5.74) is 1.52. The van der Waals surface area contributed by atoms with Crippen LogP contribution in [0.15, 0.2) is 29.2 Å². The van der Waals surface area contributed by atoms with Crippen LogP contribution in [-0.2, 0) is 4.74 Å². The SMILES string of the molecule is Cc1ccccc1SCC1(C)CO1. The first-order valence-corrected chi connectivity index (χ1v) is 5.51. The molecule has 0 amide bonds. The van der Waals surface area contributed by atoms with E-state index in [1.807, 2.05) is 11.8 Å². The molecule has 1 saturated heterocycles. The monoisotopic (exact) mass is 194 g/mol. The summed E-state index contributed by atoms with van der Waals surface area (Å²) in [7, 11) is 0. The normalized spacial score (nSPS) is 26.0. The zero-order chi connectivity index (χ0) is 9.31. The summed E-state index contributed by atoms with van der Waals surface area (Å²) in [6.45, 7) is 5.24.